The molecule has 0 aliphatic carbocycles. The van der Waals surface area contributed by atoms with Gasteiger partial charge in [0.05, 0.1) is 0 Å². The van der Waals surface area contributed by atoms with Crippen molar-refractivity contribution in [2.75, 3.05) is 18.4 Å². The van der Waals surface area contributed by atoms with E-state index in [0.29, 0.717) is 13.1 Å². The van der Waals surface area contributed by atoms with Crippen molar-refractivity contribution < 1.29 is 13.6 Å². The van der Waals surface area contributed by atoms with E-state index in [9.17, 15) is 13.6 Å². The topological polar surface area (TPSA) is 32.3 Å². The first kappa shape index (κ1) is 15.7. The van der Waals surface area contributed by atoms with Crippen LogP contribution in [-0.2, 0) is 0 Å². The van der Waals surface area contributed by atoms with Gasteiger partial charge in [-0.05, 0) is 38.8 Å². The molecule has 1 heterocycles. The van der Waals surface area contributed by atoms with E-state index in [1.807, 2.05) is 6.92 Å². The second kappa shape index (κ2) is 6.87. The van der Waals surface area contributed by atoms with Crippen molar-refractivity contribution in [2.45, 2.75) is 45.6 Å². The van der Waals surface area contributed by atoms with Gasteiger partial charge in [-0.2, -0.15) is 0 Å². The fraction of sp³-hybridized carbons (Fsp3) is 0.562. The summed E-state index contributed by atoms with van der Waals surface area (Å²) in [5.41, 5.74) is -0.0848. The van der Waals surface area contributed by atoms with E-state index in [-0.39, 0.29) is 23.2 Å². The van der Waals surface area contributed by atoms with E-state index < -0.39 is 11.6 Å². The number of carbonyl (C=O) groups excluding carboxylic acids is 1. The van der Waals surface area contributed by atoms with Gasteiger partial charge in [0.1, 0.15) is 17.3 Å². The minimum atomic E-state index is -0.720. The van der Waals surface area contributed by atoms with Crippen LogP contribution in [0.3, 0.4) is 0 Å². The van der Waals surface area contributed by atoms with Crippen LogP contribution in [0.5, 0.6) is 0 Å². The van der Waals surface area contributed by atoms with Gasteiger partial charge in [-0.3, -0.25) is 4.79 Å². The Morgan fingerprint density at radius 3 is 2.57 bits per heavy atom. The standard InChI is InChI=1S/C16H22F2N2O/c1-3-19-15-13(17)9-12(10-14(15)18)16(21)20-8-6-4-5-7-11(20)2/h9-11,19H,3-8H2,1-2H3. The summed E-state index contributed by atoms with van der Waals surface area (Å²) >= 11 is 0. The van der Waals surface area contributed by atoms with Gasteiger partial charge < -0.3 is 10.2 Å². The van der Waals surface area contributed by atoms with Crippen LogP contribution < -0.4 is 5.32 Å². The normalized spacial score (nSPS) is 19.2. The molecule has 21 heavy (non-hydrogen) atoms. The van der Waals surface area contributed by atoms with Crippen LogP contribution in [-0.4, -0.2) is 29.9 Å². The average Bonchev–Trinajstić information content (AvgIpc) is 2.66. The number of hydrogen-bond acceptors (Lipinski definition) is 2. The number of likely N-dealkylation sites (tertiary alicyclic amines) is 1. The number of halogens is 2. The predicted octanol–water partition coefficient (Wildman–Crippen LogP) is 3.80. The van der Waals surface area contributed by atoms with E-state index in [1.165, 1.54) is 0 Å². The monoisotopic (exact) mass is 296 g/mol. The zero-order valence-corrected chi connectivity index (χ0v) is 12.6. The third-order valence-electron chi connectivity index (χ3n) is 3.96. The van der Waals surface area contributed by atoms with Gasteiger partial charge in [-0.25, -0.2) is 8.78 Å². The first-order valence-electron chi connectivity index (χ1n) is 7.58. The smallest absolute Gasteiger partial charge is 0.254 e. The highest BCUT2D eigenvalue weighted by Gasteiger charge is 2.24. The fourth-order valence-corrected chi connectivity index (χ4v) is 2.78. The number of nitrogens with one attached hydrogen (secondary N) is 1. The van der Waals surface area contributed by atoms with Crippen LogP contribution >= 0.6 is 0 Å². The molecule has 1 aliphatic rings. The highest BCUT2D eigenvalue weighted by Crippen LogP contribution is 2.24. The van der Waals surface area contributed by atoms with Crippen LogP contribution in [0.2, 0.25) is 0 Å². The lowest BCUT2D eigenvalue weighted by molar-refractivity contribution is 0.0697. The average molecular weight is 296 g/mol. The maximum atomic E-state index is 13.9. The predicted molar refractivity (Wildman–Crippen MR) is 79.5 cm³/mol. The minimum Gasteiger partial charge on any atom is -0.381 e. The van der Waals surface area contributed by atoms with Crippen LogP contribution in [0.15, 0.2) is 12.1 Å². The molecule has 0 bridgehead atoms. The minimum absolute atomic E-state index is 0.0837. The summed E-state index contributed by atoms with van der Waals surface area (Å²) < 4.78 is 27.9. The maximum absolute atomic E-state index is 13.9. The van der Waals surface area contributed by atoms with Crippen molar-refractivity contribution in [2.24, 2.45) is 0 Å². The molecule has 1 aromatic carbocycles. The molecular formula is C16H22F2N2O. The summed E-state index contributed by atoms with van der Waals surface area (Å²) in [6.45, 7) is 4.82. The lowest BCUT2D eigenvalue weighted by Crippen LogP contribution is -2.38. The van der Waals surface area contributed by atoms with Crippen molar-refractivity contribution in [1.82, 2.24) is 4.90 Å². The Morgan fingerprint density at radius 2 is 1.95 bits per heavy atom. The SMILES string of the molecule is CCNc1c(F)cc(C(=O)N2CCCCCC2C)cc1F. The number of benzene rings is 1. The first-order valence-corrected chi connectivity index (χ1v) is 7.58. The Kier molecular flexibility index (Phi) is 5.15. The van der Waals surface area contributed by atoms with Crippen molar-refractivity contribution in [3.05, 3.63) is 29.3 Å². The molecule has 1 N–H and O–H groups in total. The molecule has 1 fully saturated rings. The lowest BCUT2D eigenvalue weighted by Gasteiger charge is -2.27. The Morgan fingerprint density at radius 1 is 1.29 bits per heavy atom. The molecule has 1 aliphatic heterocycles. The van der Waals surface area contributed by atoms with Crippen molar-refractivity contribution in [1.29, 1.82) is 0 Å². The van der Waals surface area contributed by atoms with E-state index in [2.05, 4.69) is 5.32 Å². The molecule has 0 saturated carbocycles. The van der Waals surface area contributed by atoms with Gasteiger partial charge in [-0.15, -0.1) is 0 Å². The van der Waals surface area contributed by atoms with Gasteiger partial charge in [0.15, 0.2) is 0 Å². The van der Waals surface area contributed by atoms with Crippen LogP contribution in [0.1, 0.15) is 49.9 Å². The Balaban J connectivity index is 2.26. The number of hydrogen-bond donors (Lipinski definition) is 1. The molecule has 1 saturated heterocycles. The molecule has 116 valence electrons. The van der Waals surface area contributed by atoms with E-state index in [0.717, 1.165) is 37.8 Å². The summed E-state index contributed by atoms with van der Waals surface area (Å²) in [4.78, 5) is 14.2. The van der Waals surface area contributed by atoms with Crippen LogP contribution in [0, 0.1) is 11.6 Å². The zero-order chi connectivity index (χ0) is 15.4. The van der Waals surface area contributed by atoms with Gasteiger partial charge in [0.2, 0.25) is 0 Å². The van der Waals surface area contributed by atoms with E-state index >= 15 is 0 Å². The molecular weight excluding hydrogens is 274 g/mol. The van der Waals surface area contributed by atoms with Gasteiger partial charge in [0.25, 0.3) is 5.91 Å². The number of anilines is 1. The molecule has 1 amide bonds. The molecule has 1 aromatic rings. The maximum Gasteiger partial charge on any atom is 0.254 e. The van der Waals surface area contributed by atoms with Gasteiger partial charge >= 0.3 is 0 Å². The van der Waals surface area contributed by atoms with E-state index in [4.69, 9.17) is 0 Å². The summed E-state index contributed by atoms with van der Waals surface area (Å²) in [5, 5.41) is 2.63. The molecule has 5 heteroatoms. The Bertz CT molecular complexity index is 496. The first-order chi connectivity index (χ1) is 10.0. The second-order valence-corrected chi connectivity index (χ2v) is 5.54. The third-order valence-corrected chi connectivity index (χ3v) is 3.96. The van der Waals surface area contributed by atoms with Crippen molar-refractivity contribution >= 4 is 11.6 Å². The van der Waals surface area contributed by atoms with Crippen molar-refractivity contribution in [3.8, 4) is 0 Å². The molecule has 1 unspecified atom stereocenters. The summed E-state index contributed by atoms with van der Waals surface area (Å²) in [6.07, 6.45) is 4.06. The molecule has 0 radical (unpaired) electrons. The highest BCUT2D eigenvalue weighted by atomic mass is 19.1. The Hall–Kier alpha value is -1.65. The molecule has 3 nitrogen and oxygen atoms in total. The second-order valence-electron chi connectivity index (χ2n) is 5.54. The molecule has 1 atom stereocenters. The summed E-state index contributed by atoms with van der Waals surface area (Å²) in [7, 11) is 0. The third kappa shape index (κ3) is 3.52. The zero-order valence-electron chi connectivity index (χ0n) is 12.6. The molecule has 0 aromatic heterocycles. The summed E-state index contributed by atoms with van der Waals surface area (Å²) in [5.74, 6) is -1.73. The molecule has 0 spiro atoms. The van der Waals surface area contributed by atoms with Crippen LogP contribution in [0.4, 0.5) is 14.5 Å². The molecule has 2 rings (SSSR count). The number of nitrogens with zero attached hydrogens (tertiary/aromatic N) is 1. The van der Waals surface area contributed by atoms with Crippen molar-refractivity contribution in [3.63, 3.8) is 0 Å². The largest absolute Gasteiger partial charge is 0.381 e. The Labute approximate surface area is 124 Å². The fourth-order valence-electron chi connectivity index (χ4n) is 2.78. The van der Waals surface area contributed by atoms with Crippen LogP contribution in [0.25, 0.3) is 0 Å². The quantitative estimate of drug-likeness (QED) is 0.920. The van der Waals surface area contributed by atoms with Gasteiger partial charge in [-0.1, -0.05) is 12.8 Å². The number of carbonyl (C=O) groups is 1. The van der Waals surface area contributed by atoms with E-state index in [1.54, 1.807) is 11.8 Å². The number of rotatable bonds is 3. The number of amides is 1. The lowest BCUT2D eigenvalue weighted by atomic mass is 10.1. The van der Waals surface area contributed by atoms with Gasteiger partial charge in [0, 0.05) is 24.7 Å². The highest BCUT2D eigenvalue weighted by molar-refractivity contribution is 5.95. The summed E-state index contributed by atoms with van der Waals surface area (Å²) in [6, 6.07) is 2.36.